The third kappa shape index (κ3) is 4.89. The van der Waals surface area contributed by atoms with E-state index in [0.29, 0.717) is 11.0 Å². The van der Waals surface area contributed by atoms with Crippen molar-refractivity contribution in [3.8, 4) is 0 Å². The average molecular weight is 447 g/mol. The van der Waals surface area contributed by atoms with Crippen LogP contribution in [0.1, 0.15) is 29.3 Å². The van der Waals surface area contributed by atoms with Crippen molar-refractivity contribution in [3.63, 3.8) is 0 Å². The van der Waals surface area contributed by atoms with E-state index in [2.05, 4.69) is 20.2 Å². The number of hydrogen-bond acceptors (Lipinski definition) is 6. The Morgan fingerprint density at radius 1 is 1.10 bits per heavy atom. The molecule has 0 aliphatic heterocycles. The van der Waals surface area contributed by atoms with Crippen LogP contribution in [0.15, 0.2) is 59.5 Å². The second-order valence-electron chi connectivity index (χ2n) is 7.00. The predicted molar refractivity (Wildman–Crippen MR) is 111 cm³/mol. The Morgan fingerprint density at radius 3 is 2.50 bits per heavy atom. The number of benzene rings is 2. The van der Waals surface area contributed by atoms with Crippen LogP contribution < -0.4 is 10.0 Å². The van der Waals surface area contributed by atoms with E-state index >= 15 is 0 Å². The van der Waals surface area contributed by atoms with E-state index < -0.39 is 32.7 Å². The highest BCUT2D eigenvalue weighted by atomic mass is 32.2. The first kappa shape index (κ1) is 20.6. The lowest BCUT2D eigenvalue weighted by atomic mass is 10.1. The minimum atomic E-state index is -4.26. The van der Waals surface area contributed by atoms with Crippen molar-refractivity contribution < 1.29 is 17.6 Å². The molecule has 0 unspecified atom stereocenters. The predicted octanol–water partition coefficient (Wildman–Crippen LogP) is 3.08. The molecule has 1 aliphatic carbocycles. The van der Waals surface area contributed by atoms with Crippen molar-refractivity contribution in [2.75, 3.05) is 5.32 Å². The smallest absolute Gasteiger partial charge is 0.244 e. The molecule has 7 nitrogen and oxygen atoms in total. The summed E-state index contributed by atoms with van der Waals surface area (Å²) in [6, 6.07) is 12.9. The number of carbonyl (C=O) groups excluding carboxylic acids is 1. The molecule has 1 heterocycles. The van der Waals surface area contributed by atoms with Crippen LogP contribution in [0, 0.1) is 5.82 Å². The fourth-order valence-electron chi connectivity index (χ4n) is 2.92. The lowest BCUT2D eigenvalue weighted by molar-refractivity contribution is -0.117. The molecule has 1 atom stereocenters. The number of sulfonamides is 1. The summed E-state index contributed by atoms with van der Waals surface area (Å²) < 4.78 is 41.9. The van der Waals surface area contributed by atoms with Crippen molar-refractivity contribution in [1.29, 1.82) is 0 Å². The Balaban J connectivity index is 1.56. The molecule has 1 fully saturated rings. The van der Waals surface area contributed by atoms with Crippen LogP contribution in [0.3, 0.4) is 0 Å². The third-order valence-corrected chi connectivity index (χ3v) is 7.13. The Morgan fingerprint density at radius 2 is 1.80 bits per heavy atom. The number of halogens is 1. The lowest BCUT2D eigenvalue weighted by Gasteiger charge is -2.18. The van der Waals surface area contributed by atoms with Crippen LogP contribution in [0.5, 0.6) is 0 Å². The second kappa shape index (κ2) is 8.58. The molecular weight excluding hydrogens is 427 g/mol. The van der Waals surface area contributed by atoms with Gasteiger partial charge in [0.05, 0.1) is 0 Å². The molecule has 2 N–H and O–H groups in total. The third-order valence-electron chi connectivity index (χ3n) is 4.62. The van der Waals surface area contributed by atoms with Crippen molar-refractivity contribution in [3.05, 3.63) is 71.0 Å². The van der Waals surface area contributed by atoms with Crippen LogP contribution in [-0.4, -0.2) is 30.6 Å². The zero-order valence-corrected chi connectivity index (χ0v) is 17.4. The standard InChI is InChI=1S/C20H19FN4O3S2/c21-15-8-4-5-9-17(15)30(27,28)25-16(12-13-6-2-1-3-7-13)18(26)22-20-24-23-19(29-20)14-10-11-14/h1-9,14,16,25H,10-12H2,(H,22,24,26)/t16-/m1/s1. The van der Waals surface area contributed by atoms with E-state index in [1.165, 1.54) is 23.5 Å². The SMILES string of the molecule is O=C(Nc1nnc(C2CC2)s1)[C@@H](Cc1ccccc1)NS(=O)(=O)c1ccccc1F. The summed E-state index contributed by atoms with van der Waals surface area (Å²) >= 11 is 1.28. The zero-order valence-electron chi connectivity index (χ0n) is 15.8. The van der Waals surface area contributed by atoms with Gasteiger partial charge in [-0.2, -0.15) is 4.72 Å². The van der Waals surface area contributed by atoms with Crippen molar-refractivity contribution in [2.24, 2.45) is 0 Å². The minimum Gasteiger partial charge on any atom is -0.299 e. The number of nitrogens with zero attached hydrogens (tertiary/aromatic N) is 2. The quantitative estimate of drug-likeness (QED) is 0.554. The summed E-state index contributed by atoms with van der Waals surface area (Å²) in [5, 5.41) is 11.9. The fourth-order valence-corrected chi connectivity index (χ4v) is 5.11. The van der Waals surface area contributed by atoms with Crippen LogP contribution in [-0.2, 0) is 21.2 Å². The van der Waals surface area contributed by atoms with E-state index in [1.54, 1.807) is 24.3 Å². The number of anilines is 1. The van der Waals surface area contributed by atoms with Gasteiger partial charge in [0.2, 0.25) is 21.1 Å². The van der Waals surface area contributed by atoms with Crippen molar-refractivity contribution in [2.45, 2.75) is 36.1 Å². The molecule has 0 saturated heterocycles. The first-order valence-electron chi connectivity index (χ1n) is 9.37. The maximum absolute atomic E-state index is 14.1. The molecule has 30 heavy (non-hydrogen) atoms. The number of hydrogen-bond donors (Lipinski definition) is 2. The summed E-state index contributed by atoms with van der Waals surface area (Å²) in [5.74, 6) is -1.08. The molecule has 4 rings (SSSR count). The first-order valence-corrected chi connectivity index (χ1v) is 11.7. The highest BCUT2D eigenvalue weighted by Crippen LogP contribution is 2.42. The molecule has 0 bridgehead atoms. The minimum absolute atomic E-state index is 0.0919. The Kier molecular flexibility index (Phi) is 5.89. The van der Waals surface area contributed by atoms with Gasteiger partial charge in [0, 0.05) is 5.92 Å². The van der Waals surface area contributed by atoms with Crippen LogP contribution >= 0.6 is 11.3 Å². The number of aromatic nitrogens is 2. The molecule has 1 aliphatic rings. The van der Waals surface area contributed by atoms with Gasteiger partial charge in [-0.25, -0.2) is 12.8 Å². The topological polar surface area (TPSA) is 101 Å². The first-order chi connectivity index (χ1) is 14.4. The summed E-state index contributed by atoms with van der Waals surface area (Å²) in [6.07, 6.45) is 2.21. The molecule has 0 spiro atoms. The highest BCUT2D eigenvalue weighted by Gasteiger charge is 2.30. The van der Waals surface area contributed by atoms with Gasteiger partial charge in [0.15, 0.2) is 0 Å². The summed E-state index contributed by atoms with van der Waals surface area (Å²) in [7, 11) is -4.26. The van der Waals surface area contributed by atoms with Gasteiger partial charge in [-0.1, -0.05) is 53.8 Å². The Hall–Kier alpha value is -2.69. The second-order valence-corrected chi connectivity index (χ2v) is 9.69. The zero-order chi connectivity index (χ0) is 21.1. The van der Waals surface area contributed by atoms with Gasteiger partial charge in [0.1, 0.15) is 21.8 Å². The van der Waals surface area contributed by atoms with E-state index in [4.69, 9.17) is 0 Å². The van der Waals surface area contributed by atoms with Crippen LogP contribution in [0.25, 0.3) is 0 Å². The molecular formula is C20H19FN4O3S2. The molecule has 156 valence electrons. The van der Waals surface area contributed by atoms with Gasteiger partial charge in [-0.05, 0) is 37.0 Å². The van der Waals surface area contributed by atoms with Gasteiger partial charge in [0.25, 0.3) is 0 Å². The molecule has 0 radical (unpaired) electrons. The van der Waals surface area contributed by atoms with E-state index in [0.717, 1.165) is 35.5 Å². The fraction of sp³-hybridized carbons (Fsp3) is 0.250. The Labute approximate surface area is 177 Å². The van der Waals surface area contributed by atoms with Crippen LogP contribution in [0.2, 0.25) is 0 Å². The average Bonchev–Trinajstić information content (AvgIpc) is 3.47. The molecule has 10 heteroatoms. The monoisotopic (exact) mass is 446 g/mol. The summed E-state index contributed by atoms with van der Waals surface area (Å²) in [5.41, 5.74) is 0.754. The molecule has 2 aromatic carbocycles. The van der Waals surface area contributed by atoms with Crippen molar-refractivity contribution >= 4 is 32.4 Å². The maximum Gasteiger partial charge on any atom is 0.244 e. The maximum atomic E-state index is 14.1. The van der Waals surface area contributed by atoms with Gasteiger partial charge in [-0.15, -0.1) is 10.2 Å². The van der Waals surface area contributed by atoms with E-state index in [-0.39, 0.29) is 6.42 Å². The molecule has 1 aromatic heterocycles. The van der Waals surface area contributed by atoms with Crippen LogP contribution in [0.4, 0.5) is 9.52 Å². The lowest BCUT2D eigenvalue weighted by Crippen LogP contribution is -2.45. The van der Waals surface area contributed by atoms with Gasteiger partial charge in [-0.3, -0.25) is 10.1 Å². The number of rotatable bonds is 8. The highest BCUT2D eigenvalue weighted by molar-refractivity contribution is 7.89. The largest absolute Gasteiger partial charge is 0.299 e. The van der Waals surface area contributed by atoms with E-state index in [1.807, 2.05) is 6.07 Å². The van der Waals surface area contributed by atoms with E-state index in [9.17, 15) is 17.6 Å². The Bertz CT molecular complexity index is 1150. The number of nitrogens with one attached hydrogen (secondary N) is 2. The van der Waals surface area contributed by atoms with Gasteiger partial charge < -0.3 is 0 Å². The molecule has 1 saturated carbocycles. The number of carbonyl (C=O) groups is 1. The summed E-state index contributed by atoms with van der Waals surface area (Å²) in [6.45, 7) is 0. The summed E-state index contributed by atoms with van der Waals surface area (Å²) in [4.78, 5) is 12.4. The van der Waals surface area contributed by atoms with Gasteiger partial charge >= 0.3 is 0 Å². The van der Waals surface area contributed by atoms with Crippen molar-refractivity contribution in [1.82, 2.24) is 14.9 Å². The normalized spacial score (nSPS) is 15.0. The molecule has 3 aromatic rings. The number of amides is 1. The molecule has 1 amide bonds.